The molecule has 0 aromatic heterocycles. The Morgan fingerprint density at radius 3 is 2.60 bits per heavy atom. The first-order valence-corrected chi connectivity index (χ1v) is 7.28. The van der Waals surface area contributed by atoms with Crippen molar-refractivity contribution in [2.75, 3.05) is 6.61 Å². The topological polar surface area (TPSA) is 72.6 Å². The number of amides is 1. The summed E-state index contributed by atoms with van der Waals surface area (Å²) in [6.45, 7) is 0.708. The highest BCUT2D eigenvalue weighted by Gasteiger charge is 2.21. The number of aliphatic hydroxyl groups is 1. The summed E-state index contributed by atoms with van der Waals surface area (Å²) >= 11 is 6.12. The molecule has 0 unspecified atom stereocenters. The van der Waals surface area contributed by atoms with E-state index in [9.17, 15) is 4.79 Å². The largest absolute Gasteiger partial charge is 0.396 e. The van der Waals surface area contributed by atoms with Gasteiger partial charge in [0.2, 0.25) is 5.91 Å². The maximum absolute atomic E-state index is 11.0. The fraction of sp³-hybridized carbons (Fsp3) is 0.533. The molecular weight excluding hydrogens is 278 g/mol. The number of carbonyl (C=O) groups is 1. The predicted octanol–water partition coefficient (Wildman–Crippen LogP) is 2.51. The Morgan fingerprint density at radius 2 is 2.05 bits per heavy atom. The number of hydrogen-bond donors (Lipinski definition) is 2. The van der Waals surface area contributed by atoms with Gasteiger partial charge in [-0.3, -0.25) is 4.79 Å². The van der Waals surface area contributed by atoms with Crippen LogP contribution in [0.25, 0.3) is 0 Å². The van der Waals surface area contributed by atoms with Gasteiger partial charge in [0.25, 0.3) is 0 Å². The lowest BCUT2D eigenvalue weighted by molar-refractivity contribution is 0.00123. The molecule has 0 atom stereocenters. The highest BCUT2D eigenvalue weighted by molar-refractivity contribution is 6.31. The Morgan fingerprint density at radius 1 is 1.35 bits per heavy atom. The van der Waals surface area contributed by atoms with Crippen molar-refractivity contribution in [3.05, 3.63) is 34.3 Å². The standard InChI is InChI=1S/C15H20ClNO3/c16-14-7-11(15(17)19)3-4-12(14)9-20-13-5-1-10(8-18)2-6-13/h3-4,7,10,13,18H,1-2,5-6,8-9H2,(H2,17,19). The first-order valence-electron chi connectivity index (χ1n) is 6.91. The van der Waals surface area contributed by atoms with Gasteiger partial charge < -0.3 is 15.6 Å². The van der Waals surface area contributed by atoms with Crippen LogP contribution < -0.4 is 5.73 Å². The van der Waals surface area contributed by atoms with Crippen molar-refractivity contribution in [1.82, 2.24) is 0 Å². The van der Waals surface area contributed by atoms with E-state index in [1.807, 2.05) is 0 Å². The number of rotatable bonds is 5. The molecule has 5 heteroatoms. The molecule has 1 aromatic carbocycles. The Hall–Kier alpha value is -1.10. The molecule has 1 fully saturated rings. The van der Waals surface area contributed by atoms with Crippen molar-refractivity contribution in [2.24, 2.45) is 11.7 Å². The third kappa shape index (κ3) is 3.95. The number of carbonyl (C=O) groups excluding carboxylic acids is 1. The SMILES string of the molecule is NC(=O)c1ccc(COC2CCC(CO)CC2)c(Cl)c1. The molecular formula is C15H20ClNO3. The van der Waals surface area contributed by atoms with Crippen LogP contribution >= 0.6 is 11.6 Å². The zero-order valence-corrected chi connectivity index (χ0v) is 12.1. The highest BCUT2D eigenvalue weighted by Crippen LogP contribution is 2.27. The maximum Gasteiger partial charge on any atom is 0.248 e. The quantitative estimate of drug-likeness (QED) is 0.877. The molecule has 1 saturated carbocycles. The van der Waals surface area contributed by atoms with Crippen LogP contribution in [0.2, 0.25) is 5.02 Å². The molecule has 2 rings (SSSR count). The van der Waals surface area contributed by atoms with Crippen molar-refractivity contribution >= 4 is 17.5 Å². The highest BCUT2D eigenvalue weighted by atomic mass is 35.5. The van der Waals surface area contributed by atoms with E-state index < -0.39 is 5.91 Å². The molecule has 0 radical (unpaired) electrons. The summed E-state index contributed by atoms with van der Waals surface area (Å²) in [7, 11) is 0. The van der Waals surface area contributed by atoms with E-state index in [1.54, 1.807) is 18.2 Å². The molecule has 1 amide bonds. The minimum atomic E-state index is -0.485. The third-order valence-corrected chi connectivity index (χ3v) is 4.22. The second kappa shape index (κ2) is 7.07. The van der Waals surface area contributed by atoms with E-state index in [1.165, 1.54) is 0 Å². The molecule has 1 aliphatic rings. The summed E-state index contributed by atoms with van der Waals surface area (Å²) in [4.78, 5) is 11.0. The summed E-state index contributed by atoms with van der Waals surface area (Å²) in [5, 5.41) is 9.60. The van der Waals surface area contributed by atoms with Crippen LogP contribution in [0.1, 0.15) is 41.6 Å². The predicted molar refractivity (Wildman–Crippen MR) is 77.6 cm³/mol. The lowest BCUT2D eigenvalue weighted by atomic mass is 9.88. The van der Waals surface area contributed by atoms with Gasteiger partial charge in [0.1, 0.15) is 0 Å². The van der Waals surface area contributed by atoms with E-state index in [4.69, 9.17) is 27.2 Å². The maximum atomic E-state index is 11.0. The number of nitrogens with two attached hydrogens (primary N) is 1. The summed E-state index contributed by atoms with van der Waals surface area (Å²) in [6.07, 6.45) is 4.19. The van der Waals surface area contributed by atoms with E-state index in [-0.39, 0.29) is 12.7 Å². The fourth-order valence-corrected chi connectivity index (χ4v) is 2.74. The second-order valence-corrected chi connectivity index (χ2v) is 5.71. The van der Waals surface area contributed by atoms with Crippen LogP contribution in [0, 0.1) is 5.92 Å². The van der Waals surface area contributed by atoms with Gasteiger partial charge in [-0.15, -0.1) is 0 Å². The Kier molecular flexibility index (Phi) is 5.40. The van der Waals surface area contributed by atoms with E-state index in [2.05, 4.69) is 0 Å². The number of halogens is 1. The summed E-state index contributed by atoms with van der Waals surface area (Å²) in [5.41, 5.74) is 6.47. The summed E-state index contributed by atoms with van der Waals surface area (Å²) in [5.74, 6) is -0.0602. The van der Waals surface area contributed by atoms with Gasteiger partial charge in [0.15, 0.2) is 0 Å². The average molecular weight is 298 g/mol. The summed E-state index contributed by atoms with van der Waals surface area (Å²) in [6, 6.07) is 5.02. The summed E-state index contributed by atoms with van der Waals surface area (Å²) < 4.78 is 5.86. The minimum absolute atomic E-state index is 0.227. The van der Waals surface area contributed by atoms with Crippen LogP contribution in [0.3, 0.4) is 0 Å². The molecule has 0 aliphatic heterocycles. The van der Waals surface area contributed by atoms with Crippen LogP contribution in [0.5, 0.6) is 0 Å². The molecule has 110 valence electrons. The van der Waals surface area contributed by atoms with Gasteiger partial charge in [-0.1, -0.05) is 17.7 Å². The molecule has 0 heterocycles. The lowest BCUT2D eigenvalue weighted by Crippen LogP contribution is -2.23. The van der Waals surface area contributed by atoms with E-state index in [0.717, 1.165) is 31.2 Å². The Labute approximate surface area is 123 Å². The molecule has 1 aliphatic carbocycles. The Bertz CT molecular complexity index is 470. The minimum Gasteiger partial charge on any atom is -0.396 e. The number of hydrogen-bond acceptors (Lipinski definition) is 3. The van der Waals surface area contributed by atoms with Gasteiger partial charge in [-0.25, -0.2) is 0 Å². The number of benzene rings is 1. The van der Waals surface area contributed by atoms with E-state index >= 15 is 0 Å². The van der Waals surface area contributed by atoms with Crippen LogP contribution in [-0.4, -0.2) is 23.7 Å². The molecule has 0 saturated heterocycles. The fourth-order valence-electron chi connectivity index (χ4n) is 2.51. The molecule has 3 N–H and O–H groups in total. The third-order valence-electron chi connectivity index (χ3n) is 3.86. The normalized spacial score (nSPS) is 22.7. The first-order chi connectivity index (χ1) is 9.60. The monoisotopic (exact) mass is 297 g/mol. The van der Waals surface area contributed by atoms with Crippen molar-refractivity contribution < 1.29 is 14.6 Å². The lowest BCUT2D eigenvalue weighted by Gasteiger charge is -2.27. The smallest absolute Gasteiger partial charge is 0.248 e. The van der Waals surface area contributed by atoms with Gasteiger partial charge in [-0.2, -0.15) is 0 Å². The molecule has 4 nitrogen and oxygen atoms in total. The van der Waals surface area contributed by atoms with Crippen LogP contribution in [0.4, 0.5) is 0 Å². The number of ether oxygens (including phenoxy) is 1. The van der Waals surface area contributed by atoms with Crippen molar-refractivity contribution in [2.45, 2.75) is 38.4 Å². The number of aliphatic hydroxyl groups excluding tert-OH is 1. The second-order valence-electron chi connectivity index (χ2n) is 5.31. The van der Waals surface area contributed by atoms with E-state index in [0.29, 0.717) is 23.1 Å². The van der Waals surface area contributed by atoms with Crippen molar-refractivity contribution in [3.63, 3.8) is 0 Å². The average Bonchev–Trinajstić information content (AvgIpc) is 2.46. The Balaban J connectivity index is 1.87. The van der Waals surface area contributed by atoms with Gasteiger partial charge in [0, 0.05) is 17.2 Å². The van der Waals surface area contributed by atoms with Gasteiger partial charge in [0.05, 0.1) is 12.7 Å². The van der Waals surface area contributed by atoms with Crippen molar-refractivity contribution in [1.29, 1.82) is 0 Å². The molecule has 0 spiro atoms. The van der Waals surface area contributed by atoms with Crippen LogP contribution in [0.15, 0.2) is 18.2 Å². The molecule has 1 aromatic rings. The molecule has 20 heavy (non-hydrogen) atoms. The zero-order chi connectivity index (χ0) is 14.5. The van der Waals surface area contributed by atoms with Gasteiger partial charge >= 0.3 is 0 Å². The first kappa shape index (κ1) is 15.3. The van der Waals surface area contributed by atoms with Crippen molar-refractivity contribution in [3.8, 4) is 0 Å². The van der Waals surface area contributed by atoms with Crippen LogP contribution in [-0.2, 0) is 11.3 Å². The molecule has 0 bridgehead atoms. The zero-order valence-electron chi connectivity index (χ0n) is 11.3. The number of primary amides is 1. The van der Waals surface area contributed by atoms with Gasteiger partial charge in [-0.05, 0) is 49.3 Å².